The lowest BCUT2D eigenvalue weighted by Crippen LogP contribution is -2.34. The first-order chi connectivity index (χ1) is 8.26. The quantitative estimate of drug-likeness (QED) is 0.484. The minimum Gasteiger partial charge on any atom is -0.493 e. The summed E-state index contributed by atoms with van der Waals surface area (Å²) in [5.41, 5.74) is 1.02. The molecule has 0 atom stereocenters. The van der Waals surface area contributed by atoms with Crippen molar-refractivity contribution in [3.8, 4) is 11.5 Å². The molecule has 0 heterocycles. The zero-order valence-electron chi connectivity index (χ0n) is 11.1. The molecule has 0 radical (unpaired) electrons. The lowest BCUT2D eigenvalue weighted by Gasteiger charge is -2.14. The van der Waals surface area contributed by atoms with E-state index in [9.17, 15) is 0 Å². The average molecular weight is 365 g/mol. The van der Waals surface area contributed by atoms with Crippen LogP contribution in [-0.4, -0.2) is 34.3 Å². The molecule has 0 saturated carbocycles. The van der Waals surface area contributed by atoms with Gasteiger partial charge in [0.2, 0.25) is 0 Å². The van der Waals surface area contributed by atoms with Gasteiger partial charge in [-0.15, -0.1) is 24.0 Å². The molecule has 0 spiro atoms. The summed E-state index contributed by atoms with van der Waals surface area (Å²) in [6, 6.07) is 5.78. The Bertz CT molecular complexity index is 397. The van der Waals surface area contributed by atoms with E-state index in [2.05, 4.69) is 15.6 Å². The number of hydrogen-bond donors (Lipinski definition) is 2. The van der Waals surface area contributed by atoms with Crippen molar-refractivity contribution in [3.05, 3.63) is 23.8 Å². The summed E-state index contributed by atoms with van der Waals surface area (Å²) in [7, 11) is 6.80. The molecular formula is C12H20IN3O2. The number of nitrogens with zero attached hydrogens (tertiary/aromatic N) is 1. The zero-order valence-corrected chi connectivity index (χ0v) is 13.4. The van der Waals surface area contributed by atoms with Gasteiger partial charge in [0.25, 0.3) is 0 Å². The smallest absolute Gasteiger partial charge is 0.190 e. The molecule has 6 heteroatoms. The van der Waals surface area contributed by atoms with Gasteiger partial charge in [0.1, 0.15) is 0 Å². The Labute approximate surface area is 125 Å². The highest BCUT2D eigenvalue weighted by molar-refractivity contribution is 14.0. The SMILES string of the molecule is CN=C(NC)NCc1cccc(OC)c1OC.I. The third kappa shape index (κ3) is 4.25. The summed E-state index contributed by atoms with van der Waals surface area (Å²) < 4.78 is 10.6. The monoisotopic (exact) mass is 365 g/mol. The molecule has 1 aromatic rings. The second-order valence-corrected chi connectivity index (χ2v) is 3.33. The second-order valence-electron chi connectivity index (χ2n) is 3.33. The molecule has 0 unspecified atom stereocenters. The summed E-state index contributed by atoms with van der Waals surface area (Å²) in [5.74, 6) is 2.20. The maximum absolute atomic E-state index is 5.34. The van der Waals surface area contributed by atoms with E-state index >= 15 is 0 Å². The standard InChI is InChI=1S/C12H19N3O2.HI/c1-13-12(14-2)15-8-9-6-5-7-10(16-3)11(9)17-4;/h5-7H,8H2,1-4H3,(H2,13,14,15);1H. The first kappa shape index (κ1) is 16.8. The molecule has 1 rings (SSSR count). The number of para-hydroxylation sites is 1. The van der Waals surface area contributed by atoms with Crippen LogP contribution in [0.15, 0.2) is 23.2 Å². The van der Waals surface area contributed by atoms with E-state index in [-0.39, 0.29) is 24.0 Å². The first-order valence-electron chi connectivity index (χ1n) is 5.35. The number of rotatable bonds is 4. The molecule has 102 valence electrons. The normalized spacial score (nSPS) is 10.3. The number of hydrogen-bond acceptors (Lipinski definition) is 3. The van der Waals surface area contributed by atoms with Crippen molar-refractivity contribution in [2.75, 3.05) is 28.3 Å². The number of halogens is 1. The van der Waals surface area contributed by atoms with E-state index in [1.165, 1.54) is 0 Å². The topological polar surface area (TPSA) is 54.9 Å². The van der Waals surface area contributed by atoms with Crippen LogP contribution in [0.25, 0.3) is 0 Å². The van der Waals surface area contributed by atoms with Gasteiger partial charge in [-0.25, -0.2) is 0 Å². The van der Waals surface area contributed by atoms with Crippen LogP contribution >= 0.6 is 24.0 Å². The fourth-order valence-electron chi connectivity index (χ4n) is 1.55. The van der Waals surface area contributed by atoms with Crippen LogP contribution < -0.4 is 20.1 Å². The van der Waals surface area contributed by atoms with Gasteiger partial charge in [-0.1, -0.05) is 12.1 Å². The van der Waals surface area contributed by atoms with Crippen molar-refractivity contribution >= 4 is 29.9 Å². The highest BCUT2D eigenvalue weighted by atomic mass is 127. The Morgan fingerprint density at radius 3 is 2.50 bits per heavy atom. The van der Waals surface area contributed by atoms with Crippen LogP contribution in [0.3, 0.4) is 0 Å². The summed E-state index contributed by atoms with van der Waals surface area (Å²) in [6.45, 7) is 0.619. The van der Waals surface area contributed by atoms with Gasteiger partial charge in [0, 0.05) is 26.2 Å². The van der Waals surface area contributed by atoms with Crippen molar-refractivity contribution in [3.63, 3.8) is 0 Å². The molecule has 2 N–H and O–H groups in total. The van der Waals surface area contributed by atoms with Crippen molar-refractivity contribution in [1.82, 2.24) is 10.6 Å². The van der Waals surface area contributed by atoms with Gasteiger partial charge in [-0.2, -0.15) is 0 Å². The van der Waals surface area contributed by atoms with Gasteiger partial charge in [-0.3, -0.25) is 4.99 Å². The number of ether oxygens (including phenoxy) is 2. The van der Waals surface area contributed by atoms with Crippen molar-refractivity contribution in [1.29, 1.82) is 0 Å². The van der Waals surface area contributed by atoms with Crippen LogP contribution in [0.5, 0.6) is 11.5 Å². The molecule has 0 saturated heterocycles. The molecule has 1 aromatic carbocycles. The maximum atomic E-state index is 5.34. The molecular weight excluding hydrogens is 345 g/mol. The fraction of sp³-hybridized carbons (Fsp3) is 0.417. The first-order valence-corrected chi connectivity index (χ1v) is 5.35. The minimum atomic E-state index is 0. The highest BCUT2D eigenvalue weighted by Crippen LogP contribution is 2.30. The predicted octanol–water partition coefficient (Wildman–Crippen LogP) is 1.62. The lowest BCUT2D eigenvalue weighted by molar-refractivity contribution is 0.351. The van der Waals surface area contributed by atoms with Crippen LogP contribution in [-0.2, 0) is 6.54 Å². The maximum Gasteiger partial charge on any atom is 0.190 e. The van der Waals surface area contributed by atoms with E-state index in [1.54, 1.807) is 21.3 Å². The number of aliphatic imine (C=N–C) groups is 1. The molecule has 0 aliphatic rings. The summed E-state index contributed by atoms with van der Waals surface area (Å²) >= 11 is 0. The van der Waals surface area contributed by atoms with Gasteiger partial charge >= 0.3 is 0 Å². The summed E-state index contributed by atoms with van der Waals surface area (Å²) in [6.07, 6.45) is 0. The Hall–Kier alpha value is -1.18. The molecule has 0 aliphatic heterocycles. The zero-order chi connectivity index (χ0) is 12.7. The second kappa shape index (κ2) is 8.84. The van der Waals surface area contributed by atoms with Crippen LogP contribution in [0, 0.1) is 0 Å². The Kier molecular flexibility index (Phi) is 8.27. The van der Waals surface area contributed by atoms with Gasteiger partial charge in [0.05, 0.1) is 14.2 Å². The Balaban J connectivity index is 0.00000289. The molecule has 0 aromatic heterocycles. The number of methoxy groups -OCH3 is 2. The molecule has 5 nitrogen and oxygen atoms in total. The van der Waals surface area contributed by atoms with Gasteiger partial charge in [0.15, 0.2) is 17.5 Å². The molecule has 0 amide bonds. The average Bonchev–Trinajstić information content (AvgIpc) is 2.39. The van der Waals surface area contributed by atoms with Crippen LogP contribution in [0.1, 0.15) is 5.56 Å². The predicted molar refractivity (Wildman–Crippen MR) is 84.2 cm³/mol. The van der Waals surface area contributed by atoms with E-state index in [1.807, 2.05) is 25.2 Å². The van der Waals surface area contributed by atoms with Gasteiger partial charge in [-0.05, 0) is 6.07 Å². The Morgan fingerprint density at radius 2 is 2.00 bits per heavy atom. The number of guanidine groups is 1. The lowest BCUT2D eigenvalue weighted by atomic mass is 10.2. The van der Waals surface area contributed by atoms with Crippen molar-refractivity contribution in [2.45, 2.75) is 6.54 Å². The number of benzene rings is 1. The third-order valence-corrected chi connectivity index (χ3v) is 2.39. The Morgan fingerprint density at radius 1 is 1.28 bits per heavy atom. The molecule has 18 heavy (non-hydrogen) atoms. The highest BCUT2D eigenvalue weighted by Gasteiger charge is 2.09. The summed E-state index contributed by atoms with van der Waals surface area (Å²) in [4.78, 5) is 4.04. The molecule has 0 bridgehead atoms. The molecule has 0 aliphatic carbocycles. The molecule has 0 fully saturated rings. The van der Waals surface area contributed by atoms with Crippen molar-refractivity contribution in [2.24, 2.45) is 4.99 Å². The van der Waals surface area contributed by atoms with E-state index < -0.39 is 0 Å². The van der Waals surface area contributed by atoms with E-state index in [0.717, 1.165) is 23.0 Å². The third-order valence-electron chi connectivity index (χ3n) is 2.39. The van der Waals surface area contributed by atoms with Crippen LogP contribution in [0.2, 0.25) is 0 Å². The van der Waals surface area contributed by atoms with Crippen LogP contribution in [0.4, 0.5) is 0 Å². The summed E-state index contributed by atoms with van der Waals surface area (Å²) in [5, 5.41) is 6.12. The fourth-order valence-corrected chi connectivity index (χ4v) is 1.55. The van der Waals surface area contributed by atoms with Gasteiger partial charge < -0.3 is 20.1 Å². The van der Waals surface area contributed by atoms with E-state index in [0.29, 0.717) is 6.54 Å². The largest absolute Gasteiger partial charge is 0.493 e. The number of nitrogens with one attached hydrogen (secondary N) is 2. The van der Waals surface area contributed by atoms with E-state index in [4.69, 9.17) is 9.47 Å². The van der Waals surface area contributed by atoms with Crippen molar-refractivity contribution < 1.29 is 9.47 Å². The minimum absolute atomic E-state index is 0.